The molecule has 2 rings (SSSR count). The van der Waals surface area contributed by atoms with Crippen molar-refractivity contribution in [3.8, 4) is 10.6 Å². The Bertz CT molecular complexity index is 464. The average Bonchev–Trinajstić information content (AvgIpc) is 2.71. The number of carboxylic acids is 1. The number of rotatable bonds is 2. The van der Waals surface area contributed by atoms with Crippen LogP contribution in [-0.2, 0) is 0 Å². The average molecular weight is 229 g/mol. The van der Waals surface area contributed by atoms with E-state index in [1.165, 1.54) is 11.3 Å². The second-order valence-electron chi connectivity index (χ2n) is 2.54. The van der Waals surface area contributed by atoms with Gasteiger partial charge in [0.2, 0.25) is 0 Å². The Morgan fingerprint density at radius 1 is 1.64 bits per heavy atom. The molecule has 2 heterocycles. The van der Waals surface area contributed by atoms with E-state index in [0.29, 0.717) is 5.69 Å². The number of nitrogens with one attached hydrogen (secondary N) is 1. The van der Waals surface area contributed by atoms with Crippen molar-refractivity contribution < 1.29 is 9.90 Å². The lowest BCUT2D eigenvalue weighted by Crippen LogP contribution is -1.96. The zero-order chi connectivity index (χ0) is 10.1. The number of nitrogens with zero attached hydrogens (tertiary/aromatic N) is 1. The van der Waals surface area contributed by atoms with E-state index in [1.807, 2.05) is 17.5 Å². The van der Waals surface area contributed by atoms with E-state index in [4.69, 9.17) is 16.7 Å². The van der Waals surface area contributed by atoms with Crippen molar-refractivity contribution in [2.75, 3.05) is 0 Å². The molecule has 0 aliphatic heterocycles. The Labute approximate surface area is 88.2 Å². The molecule has 0 aliphatic carbocycles. The maximum Gasteiger partial charge on any atom is 0.357 e. The lowest BCUT2D eigenvalue weighted by molar-refractivity contribution is 0.0690. The molecule has 2 aromatic rings. The number of hydrogen-bond acceptors (Lipinski definition) is 3. The van der Waals surface area contributed by atoms with Gasteiger partial charge in [-0.2, -0.15) is 5.10 Å². The third-order valence-electron chi connectivity index (χ3n) is 1.68. The van der Waals surface area contributed by atoms with Crippen LogP contribution in [-0.4, -0.2) is 21.3 Å². The van der Waals surface area contributed by atoms with Gasteiger partial charge in [-0.1, -0.05) is 17.7 Å². The van der Waals surface area contributed by atoms with E-state index in [0.717, 1.165) is 4.88 Å². The maximum atomic E-state index is 10.6. The molecular weight excluding hydrogens is 224 g/mol. The Morgan fingerprint density at radius 2 is 2.43 bits per heavy atom. The summed E-state index contributed by atoms with van der Waals surface area (Å²) in [5.41, 5.74) is 0.411. The fourth-order valence-corrected chi connectivity index (χ4v) is 2.10. The van der Waals surface area contributed by atoms with Crippen LogP contribution >= 0.6 is 22.9 Å². The molecule has 0 atom stereocenters. The minimum absolute atomic E-state index is 0.143. The van der Waals surface area contributed by atoms with Crippen LogP contribution in [0.1, 0.15) is 10.5 Å². The van der Waals surface area contributed by atoms with Gasteiger partial charge in [-0.25, -0.2) is 4.79 Å². The van der Waals surface area contributed by atoms with Crippen molar-refractivity contribution in [3.05, 3.63) is 28.2 Å². The number of thiophene rings is 1. The number of carboxylic acid groups (broad SMARTS) is 1. The van der Waals surface area contributed by atoms with Crippen LogP contribution in [0.25, 0.3) is 10.6 Å². The summed E-state index contributed by atoms with van der Waals surface area (Å²) in [6, 6.07) is 3.70. The number of aromatic amines is 1. The Kier molecular flexibility index (Phi) is 2.26. The van der Waals surface area contributed by atoms with E-state index < -0.39 is 5.97 Å². The third kappa shape index (κ3) is 1.40. The number of aromatic carboxylic acids is 1. The first-order valence-electron chi connectivity index (χ1n) is 3.71. The first kappa shape index (κ1) is 9.23. The molecule has 0 radical (unpaired) electrons. The molecule has 72 valence electrons. The van der Waals surface area contributed by atoms with Gasteiger partial charge in [0.15, 0.2) is 5.69 Å². The quantitative estimate of drug-likeness (QED) is 0.830. The van der Waals surface area contributed by atoms with E-state index in [-0.39, 0.29) is 10.7 Å². The van der Waals surface area contributed by atoms with E-state index in [1.54, 1.807) is 0 Å². The highest BCUT2D eigenvalue weighted by Gasteiger charge is 2.18. The van der Waals surface area contributed by atoms with Gasteiger partial charge in [-0.3, -0.25) is 5.10 Å². The summed E-state index contributed by atoms with van der Waals surface area (Å²) in [5, 5.41) is 17.0. The molecule has 2 aromatic heterocycles. The molecule has 6 heteroatoms. The summed E-state index contributed by atoms with van der Waals surface area (Å²) in [6.45, 7) is 0. The van der Waals surface area contributed by atoms with Gasteiger partial charge in [0, 0.05) is 0 Å². The predicted octanol–water partition coefficient (Wildman–Crippen LogP) is 2.49. The molecule has 4 nitrogen and oxygen atoms in total. The molecule has 14 heavy (non-hydrogen) atoms. The zero-order valence-corrected chi connectivity index (χ0v) is 8.39. The smallest absolute Gasteiger partial charge is 0.357 e. The van der Waals surface area contributed by atoms with E-state index in [2.05, 4.69) is 10.2 Å². The molecule has 0 fully saturated rings. The SMILES string of the molecule is O=C(O)c1n[nH]c(-c2cccs2)c1Cl. The molecule has 0 aromatic carbocycles. The van der Waals surface area contributed by atoms with Crippen molar-refractivity contribution in [3.63, 3.8) is 0 Å². The molecule has 0 spiro atoms. The van der Waals surface area contributed by atoms with Crippen LogP contribution in [0.15, 0.2) is 17.5 Å². The van der Waals surface area contributed by atoms with Crippen molar-refractivity contribution in [2.45, 2.75) is 0 Å². The highest BCUT2D eigenvalue weighted by atomic mass is 35.5. The van der Waals surface area contributed by atoms with Crippen molar-refractivity contribution in [1.82, 2.24) is 10.2 Å². The Balaban J connectivity index is 2.52. The minimum Gasteiger partial charge on any atom is -0.476 e. The maximum absolute atomic E-state index is 10.6. The number of halogens is 1. The first-order valence-corrected chi connectivity index (χ1v) is 4.97. The van der Waals surface area contributed by atoms with Gasteiger partial charge in [0.25, 0.3) is 0 Å². The first-order chi connectivity index (χ1) is 6.70. The molecule has 0 amide bonds. The highest BCUT2D eigenvalue weighted by Crippen LogP contribution is 2.31. The van der Waals surface area contributed by atoms with Crippen LogP contribution in [0, 0.1) is 0 Å². The monoisotopic (exact) mass is 228 g/mol. The van der Waals surface area contributed by atoms with Gasteiger partial charge >= 0.3 is 5.97 Å². The summed E-state index contributed by atoms with van der Waals surface area (Å²) >= 11 is 7.31. The van der Waals surface area contributed by atoms with Crippen LogP contribution in [0.3, 0.4) is 0 Å². The van der Waals surface area contributed by atoms with E-state index >= 15 is 0 Å². The fourth-order valence-electron chi connectivity index (χ4n) is 1.05. The summed E-state index contributed by atoms with van der Waals surface area (Å²) < 4.78 is 0. The summed E-state index contributed by atoms with van der Waals surface area (Å²) in [4.78, 5) is 11.5. The number of carbonyl (C=O) groups is 1. The molecule has 0 saturated carbocycles. The lowest BCUT2D eigenvalue weighted by atomic mass is 10.3. The van der Waals surface area contributed by atoms with Crippen LogP contribution < -0.4 is 0 Å². The van der Waals surface area contributed by atoms with Gasteiger partial charge in [-0.05, 0) is 11.4 Å². The summed E-state index contributed by atoms with van der Waals surface area (Å²) in [7, 11) is 0. The number of aromatic nitrogens is 2. The molecule has 0 unspecified atom stereocenters. The topological polar surface area (TPSA) is 66.0 Å². The van der Waals surface area contributed by atoms with Crippen molar-refractivity contribution >= 4 is 28.9 Å². The second-order valence-corrected chi connectivity index (χ2v) is 3.87. The molecule has 2 N–H and O–H groups in total. The highest BCUT2D eigenvalue weighted by molar-refractivity contribution is 7.13. The largest absolute Gasteiger partial charge is 0.476 e. The van der Waals surface area contributed by atoms with Crippen molar-refractivity contribution in [1.29, 1.82) is 0 Å². The van der Waals surface area contributed by atoms with Crippen LogP contribution in [0.5, 0.6) is 0 Å². The van der Waals surface area contributed by atoms with Gasteiger partial charge in [0.05, 0.1) is 10.6 Å². The standard InChI is InChI=1S/C8H5ClN2O2S/c9-5-6(4-2-1-3-14-4)10-11-7(5)8(12)13/h1-3H,(H,10,11)(H,12,13). The zero-order valence-electron chi connectivity index (χ0n) is 6.82. The lowest BCUT2D eigenvalue weighted by Gasteiger charge is -1.91. The number of H-pyrrole nitrogens is 1. The van der Waals surface area contributed by atoms with Gasteiger partial charge in [0.1, 0.15) is 5.02 Å². The fraction of sp³-hybridized carbons (Fsp3) is 0. The molecular formula is C8H5ClN2O2S. The molecule has 0 saturated heterocycles. The summed E-state index contributed by atoms with van der Waals surface area (Å²) in [5.74, 6) is -1.13. The molecule has 0 aliphatic rings. The second kappa shape index (κ2) is 3.43. The predicted molar refractivity (Wildman–Crippen MR) is 53.9 cm³/mol. The minimum atomic E-state index is -1.13. The Morgan fingerprint density at radius 3 is 2.93 bits per heavy atom. The normalized spacial score (nSPS) is 10.4. The molecule has 0 bridgehead atoms. The van der Waals surface area contributed by atoms with Gasteiger partial charge < -0.3 is 5.11 Å². The van der Waals surface area contributed by atoms with Crippen molar-refractivity contribution in [2.24, 2.45) is 0 Å². The number of hydrogen-bond donors (Lipinski definition) is 2. The Hall–Kier alpha value is -1.33. The van der Waals surface area contributed by atoms with Gasteiger partial charge in [-0.15, -0.1) is 11.3 Å². The third-order valence-corrected chi connectivity index (χ3v) is 2.93. The van der Waals surface area contributed by atoms with Crippen LogP contribution in [0.2, 0.25) is 5.02 Å². The van der Waals surface area contributed by atoms with Crippen LogP contribution in [0.4, 0.5) is 0 Å². The van der Waals surface area contributed by atoms with E-state index in [9.17, 15) is 4.79 Å². The summed E-state index contributed by atoms with van der Waals surface area (Å²) in [6.07, 6.45) is 0.